The molecule has 0 spiro atoms. The Hall–Kier alpha value is -0.480. The predicted molar refractivity (Wildman–Crippen MR) is 31.6 cm³/mol. The molecule has 0 fully saturated rings. The summed E-state index contributed by atoms with van der Waals surface area (Å²) >= 11 is 1.51. The molecule has 0 saturated heterocycles. The lowest BCUT2D eigenvalue weighted by atomic mass is 10.5. The van der Waals surface area contributed by atoms with Crippen LogP contribution in [0, 0.1) is 0 Å². The summed E-state index contributed by atoms with van der Waals surface area (Å²) in [6, 6.07) is 0. The summed E-state index contributed by atoms with van der Waals surface area (Å²) in [6.07, 6.45) is 0.741. The number of aromatic nitrogens is 2. The molecule has 0 aromatic carbocycles. The molecule has 8 heavy (non-hydrogen) atoms. The highest BCUT2D eigenvalue weighted by atomic mass is 32.1. The molecule has 0 aliphatic heterocycles. The average molecular weight is 128 g/mol. The third-order valence-corrected chi connectivity index (χ3v) is 1.50. The molecule has 1 N–H and O–H groups in total. The molecular formula is C4H6N3S. The van der Waals surface area contributed by atoms with Crippen LogP contribution in [0.15, 0.2) is 5.51 Å². The van der Waals surface area contributed by atoms with Gasteiger partial charge < -0.3 is 0 Å². The van der Waals surface area contributed by atoms with Crippen molar-refractivity contribution in [2.24, 2.45) is 0 Å². The van der Waals surface area contributed by atoms with Gasteiger partial charge in [-0.05, 0) is 0 Å². The van der Waals surface area contributed by atoms with Gasteiger partial charge in [-0.2, -0.15) is 0 Å². The molecule has 0 bridgehead atoms. The average Bonchev–Trinajstić information content (AvgIpc) is 2.19. The summed E-state index contributed by atoms with van der Waals surface area (Å²) in [5.41, 5.74) is 8.50. The molecule has 1 rings (SSSR count). The Bertz CT molecular complexity index is 137. The quantitative estimate of drug-likeness (QED) is 0.577. The van der Waals surface area contributed by atoms with E-state index in [-0.39, 0.29) is 0 Å². The Kier molecular flexibility index (Phi) is 1.93. The van der Waals surface area contributed by atoms with Crippen LogP contribution < -0.4 is 5.73 Å². The highest BCUT2D eigenvalue weighted by molar-refractivity contribution is 7.09. The van der Waals surface area contributed by atoms with Gasteiger partial charge in [0.25, 0.3) is 0 Å². The third kappa shape index (κ3) is 1.24. The first-order chi connectivity index (χ1) is 3.93. The van der Waals surface area contributed by atoms with Crippen molar-refractivity contribution in [3.05, 3.63) is 10.5 Å². The van der Waals surface area contributed by atoms with Crippen LogP contribution in [-0.2, 0) is 6.42 Å². The lowest BCUT2D eigenvalue weighted by Gasteiger charge is -1.82. The molecule has 1 aromatic heterocycles. The van der Waals surface area contributed by atoms with Crippen LogP contribution in [0.1, 0.15) is 5.01 Å². The van der Waals surface area contributed by atoms with Crippen LogP contribution in [0.3, 0.4) is 0 Å². The maximum absolute atomic E-state index is 6.82. The van der Waals surface area contributed by atoms with Crippen LogP contribution in [0.4, 0.5) is 0 Å². The fraction of sp³-hybridized carbons (Fsp3) is 0.500. The molecule has 4 heteroatoms. The van der Waals surface area contributed by atoms with Crippen molar-refractivity contribution in [3.8, 4) is 0 Å². The van der Waals surface area contributed by atoms with E-state index >= 15 is 0 Å². The number of hydrogen-bond donors (Lipinski definition) is 0. The first kappa shape index (κ1) is 5.65. The van der Waals surface area contributed by atoms with Crippen molar-refractivity contribution in [1.29, 1.82) is 0 Å². The molecule has 0 aliphatic rings. The molecule has 0 saturated carbocycles. The minimum absolute atomic E-state index is 0.412. The first-order valence-electron chi connectivity index (χ1n) is 2.33. The van der Waals surface area contributed by atoms with Crippen LogP contribution >= 0.6 is 11.3 Å². The van der Waals surface area contributed by atoms with Gasteiger partial charge >= 0.3 is 0 Å². The zero-order valence-electron chi connectivity index (χ0n) is 4.29. The van der Waals surface area contributed by atoms with Crippen molar-refractivity contribution in [1.82, 2.24) is 15.9 Å². The molecule has 0 unspecified atom stereocenters. The van der Waals surface area contributed by atoms with Crippen molar-refractivity contribution in [3.63, 3.8) is 0 Å². The van der Waals surface area contributed by atoms with E-state index in [1.54, 1.807) is 5.51 Å². The molecule has 3 nitrogen and oxygen atoms in total. The van der Waals surface area contributed by atoms with Crippen LogP contribution in [0.5, 0.6) is 0 Å². The number of rotatable bonds is 2. The summed E-state index contributed by atoms with van der Waals surface area (Å²) in [4.78, 5) is 0. The second-order valence-corrected chi connectivity index (χ2v) is 2.25. The fourth-order valence-corrected chi connectivity index (χ4v) is 0.942. The summed E-state index contributed by atoms with van der Waals surface area (Å²) in [5.74, 6) is 0. The number of nitrogens with one attached hydrogen (secondary N) is 1. The maximum Gasteiger partial charge on any atom is 0.118 e. The molecule has 1 radical (unpaired) electrons. The Labute approximate surface area is 51.5 Å². The van der Waals surface area contributed by atoms with Gasteiger partial charge in [0.1, 0.15) is 10.5 Å². The Morgan fingerprint density at radius 2 is 2.62 bits per heavy atom. The van der Waals surface area contributed by atoms with Crippen LogP contribution in [-0.4, -0.2) is 16.7 Å². The summed E-state index contributed by atoms with van der Waals surface area (Å²) in [7, 11) is 0. The zero-order valence-corrected chi connectivity index (χ0v) is 5.11. The summed E-state index contributed by atoms with van der Waals surface area (Å²) in [5, 5.41) is 8.34. The van der Waals surface area contributed by atoms with Crippen molar-refractivity contribution >= 4 is 11.3 Å². The Morgan fingerprint density at radius 3 is 3.12 bits per heavy atom. The molecule has 1 aromatic rings. The van der Waals surface area contributed by atoms with E-state index in [9.17, 15) is 0 Å². The van der Waals surface area contributed by atoms with Crippen molar-refractivity contribution in [2.45, 2.75) is 6.42 Å². The third-order valence-electron chi connectivity index (χ3n) is 0.744. The van der Waals surface area contributed by atoms with Gasteiger partial charge in [0.2, 0.25) is 0 Å². The molecule has 0 atom stereocenters. The first-order valence-corrected chi connectivity index (χ1v) is 3.21. The van der Waals surface area contributed by atoms with Gasteiger partial charge in [-0.15, -0.1) is 21.5 Å². The smallest absolute Gasteiger partial charge is 0.118 e. The van der Waals surface area contributed by atoms with E-state index in [4.69, 9.17) is 5.73 Å². The molecule has 43 valence electrons. The Balaban J connectivity index is 2.50. The van der Waals surface area contributed by atoms with Crippen molar-refractivity contribution < 1.29 is 0 Å². The molecule has 0 amide bonds. The minimum atomic E-state index is 0.412. The van der Waals surface area contributed by atoms with E-state index in [2.05, 4.69) is 10.2 Å². The minimum Gasteiger partial charge on any atom is -0.257 e. The Morgan fingerprint density at radius 1 is 1.75 bits per heavy atom. The largest absolute Gasteiger partial charge is 0.257 e. The van der Waals surface area contributed by atoms with Gasteiger partial charge in [0.15, 0.2) is 0 Å². The van der Waals surface area contributed by atoms with Crippen molar-refractivity contribution in [2.75, 3.05) is 6.54 Å². The van der Waals surface area contributed by atoms with Crippen LogP contribution in [0.2, 0.25) is 0 Å². The van der Waals surface area contributed by atoms with Gasteiger partial charge in [-0.1, -0.05) is 0 Å². The lowest BCUT2D eigenvalue weighted by molar-refractivity contribution is 0.895. The second kappa shape index (κ2) is 2.74. The van der Waals surface area contributed by atoms with E-state index in [0.717, 1.165) is 11.4 Å². The monoisotopic (exact) mass is 128 g/mol. The lowest BCUT2D eigenvalue weighted by Crippen LogP contribution is -1.90. The molecular weight excluding hydrogens is 122 g/mol. The van der Waals surface area contributed by atoms with Gasteiger partial charge in [-0.25, -0.2) is 0 Å². The van der Waals surface area contributed by atoms with Gasteiger partial charge in [0, 0.05) is 13.0 Å². The fourth-order valence-electron chi connectivity index (χ4n) is 0.412. The standard InChI is InChI=1S/C4H6N3S/c5-2-1-4-7-6-3-8-4/h3,5H,1-2H2. The number of nitrogens with zero attached hydrogens (tertiary/aromatic N) is 2. The van der Waals surface area contributed by atoms with Gasteiger partial charge in [0.05, 0.1) is 0 Å². The van der Waals surface area contributed by atoms with E-state index in [1.807, 2.05) is 0 Å². The second-order valence-electron chi connectivity index (χ2n) is 1.33. The highest BCUT2D eigenvalue weighted by Gasteiger charge is 1.91. The topological polar surface area (TPSA) is 49.6 Å². The molecule has 1 heterocycles. The summed E-state index contributed by atoms with van der Waals surface area (Å²) < 4.78 is 0. The highest BCUT2D eigenvalue weighted by Crippen LogP contribution is 1.99. The predicted octanol–water partition coefficient (Wildman–Crippen LogP) is 0.363. The number of hydrogen-bond acceptors (Lipinski definition) is 3. The zero-order chi connectivity index (χ0) is 5.82. The van der Waals surface area contributed by atoms with Crippen LogP contribution in [0.25, 0.3) is 0 Å². The summed E-state index contributed by atoms with van der Waals surface area (Å²) in [6.45, 7) is 0.412. The normalized spacial score (nSPS) is 9.62. The van der Waals surface area contributed by atoms with E-state index in [0.29, 0.717) is 6.54 Å². The van der Waals surface area contributed by atoms with E-state index < -0.39 is 0 Å². The van der Waals surface area contributed by atoms with Gasteiger partial charge in [-0.3, -0.25) is 5.73 Å². The molecule has 0 aliphatic carbocycles. The SMILES string of the molecule is [NH]CCc1nncs1. The van der Waals surface area contributed by atoms with E-state index in [1.165, 1.54) is 11.3 Å². The maximum atomic E-state index is 6.82.